The van der Waals surface area contributed by atoms with E-state index in [9.17, 15) is 36.0 Å². The number of nitrogens with two attached hydrogens (primary N) is 1. The Kier molecular flexibility index (Phi) is 8.30. The van der Waals surface area contributed by atoms with Crippen molar-refractivity contribution in [3.63, 3.8) is 0 Å². The first kappa shape index (κ1) is 28.4. The number of sulfonamides is 1. The van der Waals surface area contributed by atoms with Crippen molar-refractivity contribution in [2.75, 3.05) is 10.5 Å². The zero-order valence-corrected chi connectivity index (χ0v) is 21.1. The first-order valence-electron chi connectivity index (χ1n) is 11.3. The van der Waals surface area contributed by atoms with Gasteiger partial charge in [-0.25, -0.2) is 8.42 Å². The highest BCUT2D eigenvalue weighted by atomic mass is 32.2. The van der Waals surface area contributed by atoms with Crippen LogP contribution < -0.4 is 21.3 Å². The van der Waals surface area contributed by atoms with Gasteiger partial charge in [-0.1, -0.05) is 44.2 Å². The van der Waals surface area contributed by atoms with Gasteiger partial charge in [0.15, 0.2) is 0 Å². The number of carbonyl (C=O) groups is 2. The maximum Gasteiger partial charge on any atom is 0.452 e. The number of nitrogens with one attached hydrogen (secondary N) is 2. The number of benzene rings is 2. The number of pyridine rings is 1. The van der Waals surface area contributed by atoms with E-state index in [1.54, 1.807) is 30.3 Å². The number of halogens is 3. The molecule has 38 heavy (non-hydrogen) atoms. The van der Waals surface area contributed by atoms with Gasteiger partial charge in [0.1, 0.15) is 12.2 Å². The van der Waals surface area contributed by atoms with E-state index in [2.05, 4.69) is 10.0 Å². The summed E-state index contributed by atoms with van der Waals surface area (Å²) in [5, 5.41) is 2.06. The molecule has 0 aliphatic heterocycles. The van der Waals surface area contributed by atoms with E-state index in [4.69, 9.17) is 5.73 Å². The number of aromatic nitrogens is 1. The molecule has 0 spiro atoms. The monoisotopic (exact) mass is 550 g/mol. The van der Waals surface area contributed by atoms with Gasteiger partial charge >= 0.3 is 6.18 Å². The zero-order valence-electron chi connectivity index (χ0n) is 20.3. The van der Waals surface area contributed by atoms with Gasteiger partial charge < -0.3 is 11.1 Å². The Labute approximate surface area is 216 Å². The molecule has 0 fully saturated rings. The van der Waals surface area contributed by atoms with Crippen LogP contribution in [0.1, 0.15) is 13.8 Å². The van der Waals surface area contributed by atoms with Crippen molar-refractivity contribution in [2.24, 2.45) is 5.92 Å². The molecule has 1 heterocycles. The fraction of sp³-hybridized carbons (Fsp3) is 0.240. The van der Waals surface area contributed by atoms with Gasteiger partial charge in [-0.05, 0) is 47.9 Å². The summed E-state index contributed by atoms with van der Waals surface area (Å²) in [6, 6.07) is 14.3. The average molecular weight is 551 g/mol. The fourth-order valence-electron chi connectivity index (χ4n) is 3.60. The molecule has 0 aliphatic carbocycles. The number of rotatable bonds is 9. The van der Waals surface area contributed by atoms with Crippen LogP contribution in [0.2, 0.25) is 0 Å². The van der Waals surface area contributed by atoms with E-state index < -0.39 is 57.6 Å². The van der Waals surface area contributed by atoms with Gasteiger partial charge in [0.05, 0.1) is 16.6 Å². The SMILES string of the molecule is CC(C)C(NC(=O)Cn1c(-c2ccccc2)ccc(NS(=O)(=O)c2ccc(N)cc2)c1=O)C(=O)C(F)(F)F. The van der Waals surface area contributed by atoms with Crippen LogP contribution >= 0.6 is 0 Å². The van der Waals surface area contributed by atoms with Gasteiger partial charge in [-0.2, -0.15) is 13.2 Å². The van der Waals surface area contributed by atoms with Crippen molar-refractivity contribution in [2.45, 2.75) is 37.5 Å². The van der Waals surface area contributed by atoms with Crippen LogP contribution in [-0.2, 0) is 26.2 Å². The number of carbonyl (C=O) groups excluding carboxylic acids is 2. The Bertz CT molecular complexity index is 1490. The predicted octanol–water partition coefficient (Wildman–Crippen LogP) is 3.17. The highest BCUT2D eigenvalue weighted by Gasteiger charge is 2.45. The van der Waals surface area contributed by atoms with Gasteiger partial charge in [0.25, 0.3) is 21.4 Å². The normalized spacial score (nSPS) is 12.7. The molecule has 1 atom stereocenters. The summed E-state index contributed by atoms with van der Waals surface area (Å²) < 4.78 is 67.8. The number of amides is 1. The quantitative estimate of drug-likeness (QED) is 0.350. The molecule has 3 rings (SSSR count). The number of Topliss-reactive ketones (excluding diaryl/α,β-unsaturated/α-hetero) is 1. The van der Waals surface area contributed by atoms with Crippen LogP contribution in [0.25, 0.3) is 11.3 Å². The lowest BCUT2D eigenvalue weighted by Gasteiger charge is -2.23. The van der Waals surface area contributed by atoms with Gasteiger partial charge in [0.2, 0.25) is 5.91 Å². The van der Waals surface area contributed by atoms with Crippen LogP contribution in [0.15, 0.2) is 76.4 Å². The molecule has 2 aromatic carbocycles. The second-order valence-corrected chi connectivity index (χ2v) is 10.4. The van der Waals surface area contributed by atoms with Crippen LogP contribution in [0.4, 0.5) is 24.5 Å². The largest absolute Gasteiger partial charge is 0.452 e. The summed E-state index contributed by atoms with van der Waals surface area (Å²) in [4.78, 5) is 37.8. The molecule has 13 heteroatoms. The van der Waals surface area contributed by atoms with Crippen molar-refractivity contribution in [3.8, 4) is 11.3 Å². The van der Waals surface area contributed by atoms with E-state index in [-0.39, 0.29) is 10.6 Å². The van der Waals surface area contributed by atoms with E-state index in [1.165, 1.54) is 50.2 Å². The minimum absolute atomic E-state index is 0.173. The Hall–Kier alpha value is -4.13. The summed E-state index contributed by atoms with van der Waals surface area (Å²) in [7, 11) is -4.22. The van der Waals surface area contributed by atoms with Crippen LogP contribution in [0, 0.1) is 5.92 Å². The summed E-state index contributed by atoms with van der Waals surface area (Å²) in [5.41, 5.74) is 5.27. The molecule has 0 saturated carbocycles. The molecule has 202 valence electrons. The molecule has 0 saturated heterocycles. The molecular formula is C25H25F3N4O5S. The standard InChI is InChI=1S/C25H25F3N4O5S/c1-15(2)22(23(34)25(26,27)28)30-21(33)14-32-20(16-6-4-3-5-7-16)13-12-19(24(32)35)31-38(36,37)18-10-8-17(29)9-11-18/h3-13,15,22,31H,14,29H2,1-2H3,(H,30,33). The third kappa shape index (κ3) is 6.59. The number of hydrogen-bond donors (Lipinski definition) is 3. The number of nitrogen functional groups attached to an aromatic ring is 1. The molecular weight excluding hydrogens is 525 g/mol. The third-order valence-electron chi connectivity index (χ3n) is 5.53. The Morgan fingerprint density at radius 3 is 2.13 bits per heavy atom. The molecule has 0 radical (unpaired) electrons. The summed E-state index contributed by atoms with van der Waals surface area (Å²) in [6.45, 7) is 1.89. The summed E-state index contributed by atoms with van der Waals surface area (Å²) in [6.07, 6.45) is -5.17. The van der Waals surface area contributed by atoms with E-state index in [0.717, 1.165) is 4.57 Å². The third-order valence-corrected chi connectivity index (χ3v) is 6.91. The number of ketones is 1. The summed E-state index contributed by atoms with van der Waals surface area (Å²) >= 11 is 0. The lowest BCUT2D eigenvalue weighted by molar-refractivity contribution is -0.174. The maximum absolute atomic E-state index is 13.4. The lowest BCUT2D eigenvalue weighted by atomic mass is 9.99. The predicted molar refractivity (Wildman–Crippen MR) is 136 cm³/mol. The molecule has 1 unspecified atom stereocenters. The Morgan fingerprint density at radius 2 is 1.58 bits per heavy atom. The smallest absolute Gasteiger partial charge is 0.399 e. The first-order valence-corrected chi connectivity index (χ1v) is 12.8. The zero-order chi connectivity index (χ0) is 28.3. The number of hydrogen-bond acceptors (Lipinski definition) is 6. The molecule has 4 N–H and O–H groups in total. The van der Waals surface area contributed by atoms with E-state index in [0.29, 0.717) is 11.3 Å². The fourth-order valence-corrected chi connectivity index (χ4v) is 4.66. The van der Waals surface area contributed by atoms with Crippen molar-refractivity contribution in [1.82, 2.24) is 9.88 Å². The lowest BCUT2D eigenvalue weighted by Crippen LogP contribution is -2.50. The number of alkyl halides is 3. The molecule has 0 bridgehead atoms. The van der Waals surface area contributed by atoms with E-state index >= 15 is 0 Å². The topological polar surface area (TPSA) is 140 Å². The van der Waals surface area contributed by atoms with E-state index in [1.807, 2.05) is 0 Å². The highest BCUT2D eigenvalue weighted by Crippen LogP contribution is 2.23. The highest BCUT2D eigenvalue weighted by molar-refractivity contribution is 7.92. The van der Waals surface area contributed by atoms with Crippen LogP contribution in [0.5, 0.6) is 0 Å². The Morgan fingerprint density at radius 1 is 0.974 bits per heavy atom. The molecule has 3 aromatic rings. The molecule has 0 aliphatic rings. The van der Waals surface area contributed by atoms with Crippen molar-refractivity contribution >= 4 is 33.1 Å². The summed E-state index contributed by atoms with van der Waals surface area (Å²) in [5.74, 6) is -4.06. The van der Waals surface area contributed by atoms with Gasteiger partial charge in [-0.3, -0.25) is 23.7 Å². The molecule has 9 nitrogen and oxygen atoms in total. The van der Waals surface area contributed by atoms with Gasteiger partial charge in [-0.15, -0.1) is 0 Å². The Balaban J connectivity index is 2.01. The average Bonchev–Trinajstić information content (AvgIpc) is 2.84. The van der Waals surface area contributed by atoms with Crippen molar-refractivity contribution < 1.29 is 31.2 Å². The van der Waals surface area contributed by atoms with Crippen molar-refractivity contribution in [1.29, 1.82) is 0 Å². The number of anilines is 2. The first-order chi connectivity index (χ1) is 17.7. The minimum atomic E-state index is -5.17. The van der Waals surface area contributed by atoms with Crippen LogP contribution in [-0.4, -0.2) is 36.9 Å². The van der Waals surface area contributed by atoms with Crippen LogP contribution in [0.3, 0.4) is 0 Å². The number of nitrogens with zero attached hydrogens (tertiary/aromatic N) is 1. The second kappa shape index (κ2) is 11.1. The van der Waals surface area contributed by atoms with Crippen molar-refractivity contribution in [3.05, 3.63) is 77.1 Å². The maximum atomic E-state index is 13.4. The minimum Gasteiger partial charge on any atom is -0.399 e. The second-order valence-electron chi connectivity index (χ2n) is 8.72. The molecule has 1 aromatic heterocycles. The van der Waals surface area contributed by atoms with Gasteiger partial charge in [0, 0.05) is 5.69 Å². The molecule has 1 amide bonds.